The lowest BCUT2D eigenvalue weighted by Gasteiger charge is -2.56. The summed E-state index contributed by atoms with van der Waals surface area (Å²) in [6, 6.07) is 18.5. The van der Waals surface area contributed by atoms with Gasteiger partial charge in [0.1, 0.15) is 5.60 Å². The fraction of sp³-hybridized carbons (Fsp3) is 0.514. The van der Waals surface area contributed by atoms with Crippen molar-refractivity contribution in [3.05, 3.63) is 94.1 Å². The Labute approximate surface area is 239 Å². The van der Waals surface area contributed by atoms with Gasteiger partial charge in [0.25, 0.3) is 0 Å². The van der Waals surface area contributed by atoms with Crippen molar-refractivity contribution in [2.45, 2.75) is 95.0 Å². The maximum absolute atomic E-state index is 15.5. The predicted molar refractivity (Wildman–Crippen MR) is 151 cm³/mol. The average Bonchev–Trinajstić information content (AvgIpc) is 3.23. The highest BCUT2D eigenvalue weighted by molar-refractivity contribution is 5.93. The Kier molecular flexibility index (Phi) is 6.88. The molecule has 2 aromatic carbocycles. The van der Waals surface area contributed by atoms with Crippen LogP contribution in [0.2, 0.25) is 0 Å². The van der Waals surface area contributed by atoms with Crippen molar-refractivity contribution >= 4 is 5.78 Å². The molecule has 0 radical (unpaired) electrons. The summed E-state index contributed by atoms with van der Waals surface area (Å²) in [7, 11) is 0. The van der Waals surface area contributed by atoms with Crippen LogP contribution in [-0.2, 0) is 17.6 Å². The number of fused-ring (bicyclic) bond motifs is 4. The maximum atomic E-state index is 15.5. The number of rotatable bonds is 6. The van der Waals surface area contributed by atoms with Crippen LogP contribution in [0.1, 0.15) is 81.4 Å². The monoisotopic (exact) mass is 566 g/mol. The highest BCUT2D eigenvalue weighted by Crippen LogP contribution is 2.70. The van der Waals surface area contributed by atoms with Crippen molar-refractivity contribution in [3.8, 4) is 0 Å². The van der Waals surface area contributed by atoms with Crippen LogP contribution in [0.5, 0.6) is 0 Å². The second kappa shape index (κ2) is 9.93. The third-order valence-corrected chi connectivity index (χ3v) is 10.9. The van der Waals surface area contributed by atoms with E-state index in [0.717, 1.165) is 35.1 Å². The molecule has 2 unspecified atom stereocenters. The lowest BCUT2D eigenvalue weighted by atomic mass is 9.50. The Morgan fingerprint density at radius 3 is 2.22 bits per heavy atom. The van der Waals surface area contributed by atoms with Crippen LogP contribution in [0.3, 0.4) is 0 Å². The third kappa shape index (κ3) is 4.43. The number of halogens is 4. The van der Waals surface area contributed by atoms with Gasteiger partial charge in [0.05, 0.1) is 0 Å². The molecule has 2 fully saturated rings. The van der Waals surface area contributed by atoms with E-state index in [2.05, 4.69) is 24.3 Å². The summed E-state index contributed by atoms with van der Waals surface area (Å²) in [4.78, 5) is 12.3. The fourth-order valence-corrected chi connectivity index (χ4v) is 8.69. The maximum Gasteiger partial charge on any atom is 0.338 e. The number of benzene rings is 2. The van der Waals surface area contributed by atoms with Crippen molar-refractivity contribution in [3.63, 3.8) is 0 Å². The van der Waals surface area contributed by atoms with Gasteiger partial charge in [0.15, 0.2) is 5.78 Å². The van der Waals surface area contributed by atoms with Crippen LogP contribution in [0, 0.1) is 17.3 Å². The SMILES string of the molecule is CC(F)(F)C(F)(F)[C@]1(O)CCC2C3CCC4=CC(=O)CCC4=C3[C@@H](c3ccc(CCc4ccccc4)cc3)C[C@@]21C. The minimum atomic E-state index is -4.56. The topological polar surface area (TPSA) is 37.3 Å². The molecule has 218 valence electrons. The van der Waals surface area contributed by atoms with Crippen molar-refractivity contribution in [1.29, 1.82) is 0 Å². The molecule has 41 heavy (non-hydrogen) atoms. The Bertz CT molecular complexity index is 1390. The molecule has 0 bridgehead atoms. The lowest BCUT2D eigenvalue weighted by Crippen LogP contribution is -2.65. The first-order valence-electron chi connectivity index (χ1n) is 14.9. The van der Waals surface area contributed by atoms with Crippen LogP contribution in [0.15, 0.2) is 77.4 Å². The Hall–Kier alpha value is -2.73. The molecule has 0 spiro atoms. The number of aryl methyl sites for hydroxylation is 2. The van der Waals surface area contributed by atoms with E-state index in [1.54, 1.807) is 13.0 Å². The number of carbonyl (C=O) groups excluding carboxylic acids is 1. The first-order chi connectivity index (χ1) is 19.4. The Morgan fingerprint density at radius 1 is 0.902 bits per heavy atom. The number of carbonyl (C=O) groups is 1. The quantitative estimate of drug-likeness (QED) is 0.357. The molecular weight excluding hydrogens is 528 g/mol. The van der Waals surface area contributed by atoms with Crippen LogP contribution in [0.4, 0.5) is 17.6 Å². The normalized spacial score (nSPS) is 31.8. The molecule has 4 aliphatic carbocycles. The molecule has 0 saturated heterocycles. The molecule has 1 N–H and O–H groups in total. The highest BCUT2D eigenvalue weighted by atomic mass is 19.3. The van der Waals surface area contributed by atoms with Crippen molar-refractivity contribution < 1.29 is 27.5 Å². The van der Waals surface area contributed by atoms with Gasteiger partial charge in [0.2, 0.25) is 0 Å². The van der Waals surface area contributed by atoms with Gasteiger partial charge in [-0.25, -0.2) is 8.78 Å². The second-order valence-corrected chi connectivity index (χ2v) is 13.1. The van der Waals surface area contributed by atoms with Gasteiger partial charge in [-0.05, 0) is 97.1 Å². The average molecular weight is 567 g/mol. The number of alkyl halides is 4. The number of aliphatic hydroxyl groups is 1. The molecule has 2 saturated carbocycles. The van der Waals surface area contributed by atoms with E-state index in [-0.39, 0.29) is 49.7 Å². The van der Waals surface area contributed by atoms with Crippen LogP contribution >= 0.6 is 0 Å². The minimum absolute atomic E-state index is 0.0906. The van der Waals surface area contributed by atoms with Crippen LogP contribution < -0.4 is 0 Å². The van der Waals surface area contributed by atoms with Crippen LogP contribution in [-0.4, -0.2) is 28.3 Å². The first-order valence-corrected chi connectivity index (χ1v) is 14.9. The minimum Gasteiger partial charge on any atom is -0.383 e. The summed E-state index contributed by atoms with van der Waals surface area (Å²) in [5.41, 5.74) is 2.54. The van der Waals surface area contributed by atoms with E-state index in [1.165, 1.54) is 11.1 Å². The number of hydrogen-bond acceptors (Lipinski definition) is 2. The zero-order valence-electron chi connectivity index (χ0n) is 23.7. The molecule has 6 rings (SSSR count). The van der Waals surface area contributed by atoms with Gasteiger partial charge >= 0.3 is 11.8 Å². The zero-order chi connectivity index (χ0) is 29.2. The predicted octanol–water partition coefficient (Wildman–Crippen LogP) is 8.39. The molecule has 0 aromatic heterocycles. The number of hydrogen-bond donors (Lipinski definition) is 1. The molecule has 6 heteroatoms. The van der Waals surface area contributed by atoms with E-state index < -0.39 is 22.9 Å². The Morgan fingerprint density at radius 2 is 1.56 bits per heavy atom. The highest BCUT2D eigenvalue weighted by Gasteiger charge is 2.76. The van der Waals surface area contributed by atoms with E-state index in [0.29, 0.717) is 25.7 Å². The molecule has 2 nitrogen and oxygen atoms in total. The summed E-state index contributed by atoms with van der Waals surface area (Å²) in [5.74, 6) is -9.50. The molecule has 2 aromatic rings. The molecule has 0 aliphatic heterocycles. The van der Waals surface area contributed by atoms with Crippen molar-refractivity contribution in [2.24, 2.45) is 17.3 Å². The van der Waals surface area contributed by atoms with Gasteiger partial charge < -0.3 is 5.11 Å². The number of allylic oxidation sites excluding steroid dienone is 4. The summed E-state index contributed by atoms with van der Waals surface area (Å²) in [6.45, 7) is 1.85. The second-order valence-electron chi connectivity index (χ2n) is 13.1. The Balaban J connectivity index is 1.41. The largest absolute Gasteiger partial charge is 0.383 e. The van der Waals surface area contributed by atoms with E-state index >= 15 is 8.78 Å². The smallest absolute Gasteiger partial charge is 0.338 e. The van der Waals surface area contributed by atoms with E-state index in [1.807, 2.05) is 30.3 Å². The van der Waals surface area contributed by atoms with Crippen LogP contribution in [0.25, 0.3) is 0 Å². The van der Waals surface area contributed by atoms with E-state index in [4.69, 9.17) is 0 Å². The molecule has 4 aliphatic rings. The third-order valence-electron chi connectivity index (χ3n) is 10.9. The van der Waals surface area contributed by atoms with Gasteiger partial charge in [-0.1, -0.05) is 67.1 Å². The first kappa shape index (κ1) is 28.4. The van der Waals surface area contributed by atoms with Gasteiger partial charge in [-0.15, -0.1) is 0 Å². The van der Waals surface area contributed by atoms with Gasteiger partial charge in [-0.3, -0.25) is 4.79 Å². The van der Waals surface area contributed by atoms with E-state index in [9.17, 15) is 18.7 Å². The summed E-state index contributed by atoms with van der Waals surface area (Å²) < 4.78 is 59.9. The van der Waals surface area contributed by atoms with Crippen molar-refractivity contribution in [2.75, 3.05) is 0 Å². The summed E-state index contributed by atoms with van der Waals surface area (Å²) in [6.07, 6.45) is 5.99. The van der Waals surface area contributed by atoms with Gasteiger partial charge in [-0.2, -0.15) is 8.78 Å². The zero-order valence-corrected chi connectivity index (χ0v) is 23.7. The molecule has 5 atom stereocenters. The van der Waals surface area contributed by atoms with Gasteiger partial charge in [0, 0.05) is 24.7 Å². The fourth-order valence-electron chi connectivity index (χ4n) is 8.69. The number of ketones is 1. The molecule has 0 heterocycles. The molecule has 0 amide bonds. The summed E-state index contributed by atoms with van der Waals surface area (Å²) >= 11 is 0. The lowest BCUT2D eigenvalue weighted by molar-refractivity contribution is -0.315. The molecular formula is C35H38F4O2. The van der Waals surface area contributed by atoms with Crippen molar-refractivity contribution in [1.82, 2.24) is 0 Å². The summed E-state index contributed by atoms with van der Waals surface area (Å²) in [5, 5.41) is 11.7. The standard InChI is InChI=1S/C35H38F4O2/c1-32-21-29(24-12-10-23(11-13-24)9-8-22-6-4-3-5-7-22)31-27-17-15-26(40)20-25(27)14-16-28(31)30(32)18-19-34(32,41)35(38,39)33(2,36)37/h3-7,10-13,20,28-30,41H,8-9,14-19,21H2,1-2H3/t28?,29-,30?,32+,34+/m1/s1.